The summed E-state index contributed by atoms with van der Waals surface area (Å²) in [7, 11) is 0. The van der Waals surface area contributed by atoms with Gasteiger partial charge in [0.2, 0.25) is 5.82 Å². The van der Waals surface area contributed by atoms with E-state index in [4.69, 9.17) is 9.26 Å². The van der Waals surface area contributed by atoms with Crippen LogP contribution in [-0.2, 0) is 13.2 Å². The Balaban J connectivity index is 1.51. The number of benzene rings is 2. The third-order valence-corrected chi connectivity index (χ3v) is 3.86. The van der Waals surface area contributed by atoms with Crippen LogP contribution < -0.4 is 4.74 Å². The van der Waals surface area contributed by atoms with E-state index in [1.165, 1.54) is 12.1 Å². The molecule has 7 heteroatoms. The number of halogens is 1. The van der Waals surface area contributed by atoms with Gasteiger partial charge in [0.25, 0.3) is 5.89 Å². The lowest BCUT2D eigenvalue weighted by molar-refractivity contribution is 0.242. The van der Waals surface area contributed by atoms with Crippen LogP contribution in [0.2, 0.25) is 0 Å². The summed E-state index contributed by atoms with van der Waals surface area (Å²) in [6.45, 7) is 3.05. The molecule has 0 fully saturated rings. The summed E-state index contributed by atoms with van der Waals surface area (Å²) in [5, 5.41) is 3.99. The van der Waals surface area contributed by atoms with E-state index < -0.39 is 0 Å². The van der Waals surface area contributed by atoms with Crippen molar-refractivity contribution >= 4 is 11.0 Å². The molecule has 0 saturated carbocycles. The van der Waals surface area contributed by atoms with Crippen molar-refractivity contribution in [3.63, 3.8) is 0 Å². The molecule has 0 bridgehead atoms. The molecule has 0 aliphatic rings. The third kappa shape index (κ3) is 3.08. The van der Waals surface area contributed by atoms with Crippen molar-refractivity contribution in [1.82, 2.24) is 19.7 Å². The van der Waals surface area contributed by atoms with E-state index in [0.29, 0.717) is 17.5 Å². The average Bonchev–Trinajstić information content (AvgIpc) is 3.27. The normalized spacial score (nSPS) is 11.1. The number of imidazole rings is 1. The summed E-state index contributed by atoms with van der Waals surface area (Å²) in [5.74, 6) is 1.05. The Bertz CT molecular complexity index is 1010. The lowest BCUT2D eigenvalue weighted by Gasteiger charge is -2.01. The fraction of sp³-hybridized carbons (Fsp3) is 0.167. The van der Waals surface area contributed by atoms with Crippen LogP contribution in [0.25, 0.3) is 22.4 Å². The Morgan fingerprint density at radius 2 is 2.00 bits per heavy atom. The zero-order chi connectivity index (χ0) is 17.2. The minimum Gasteiger partial charge on any atom is -0.484 e. The fourth-order valence-electron chi connectivity index (χ4n) is 2.56. The molecule has 0 aliphatic heterocycles. The monoisotopic (exact) mass is 338 g/mol. The number of fused-ring (bicyclic) bond motifs is 1. The van der Waals surface area contributed by atoms with Gasteiger partial charge in [-0.1, -0.05) is 5.16 Å². The van der Waals surface area contributed by atoms with E-state index >= 15 is 0 Å². The lowest BCUT2D eigenvalue weighted by atomic mass is 10.2. The highest BCUT2D eigenvalue weighted by atomic mass is 19.1. The number of aromatic nitrogens is 4. The van der Waals surface area contributed by atoms with Crippen LogP contribution in [0.4, 0.5) is 4.39 Å². The molecule has 0 saturated heterocycles. The van der Waals surface area contributed by atoms with Crippen LogP contribution in [-0.4, -0.2) is 19.7 Å². The first-order chi connectivity index (χ1) is 12.2. The zero-order valence-electron chi connectivity index (χ0n) is 13.5. The van der Waals surface area contributed by atoms with Crippen molar-refractivity contribution < 1.29 is 13.7 Å². The van der Waals surface area contributed by atoms with Crippen LogP contribution >= 0.6 is 0 Å². The third-order valence-electron chi connectivity index (χ3n) is 3.86. The van der Waals surface area contributed by atoms with Crippen LogP contribution in [0.5, 0.6) is 5.75 Å². The molecule has 0 aliphatic carbocycles. The van der Waals surface area contributed by atoms with E-state index in [0.717, 1.165) is 23.1 Å². The number of ether oxygens (including phenoxy) is 1. The largest absolute Gasteiger partial charge is 0.484 e. The van der Waals surface area contributed by atoms with Gasteiger partial charge in [0.1, 0.15) is 11.6 Å². The second-order valence-corrected chi connectivity index (χ2v) is 5.49. The van der Waals surface area contributed by atoms with Gasteiger partial charge in [-0.2, -0.15) is 4.98 Å². The lowest BCUT2D eigenvalue weighted by Crippen LogP contribution is -1.95. The Hall–Kier alpha value is -3.22. The number of hydrogen-bond donors (Lipinski definition) is 0. The second-order valence-electron chi connectivity index (χ2n) is 5.49. The standard InChI is InChI=1S/C18H15FN4O2/c1-2-23-11-20-15-9-12(3-8-16(15)23)18-21-17(25-22-18)10-24-14-6-4-13(19)5-7-14/h3-9,11H,2,10H2,1H3. The van der Waals surface area contributed by atoms with Gasteiger partial charge in [0.05, 0.1) is 17.4 Å². The smallest absolute Gasteiger partial charge is 0.264 e. The highest BCUT2D eigenvalue weighted by Gasteiger charge is 2.11. The first kappa shape index (κ1) is 15.3. The first-order valence-electron chi connectivity index (χ1n) is 7.89. The summed E-state index contributed by atoms with van der Waals surface area (Å²) < 4.78 is 25.7. The van der Waals surface area contributed by atoms with Crippen molar-refractivity contribution in [2.75, 3.05) is 0 Å². The molecule has 0 unspecified atom stereocenters. The van der Waals surface area contributed by atoms with Gasteiger partial charge in [-0.25, -0.2) is 9.37 Å². The van der Waals surface area contributed by atoms with Gasteiger partial charge in [0.15, 0.2) is 6.61 Å². The molecule has 4 rings (SSSR count). The molecule has 0 N–H and O–H groups in total. The average molecular weight is 338 g/mol. The molecule has 6 nitrogen and oxygen atoms in total. The maximum atomic E-state index is 12.9. The van der Waals surface area contributed by atoms with Gasteiger partial charge in [-0.05, 0) is 49.4 Å². The second kappa shape index (κ2) is 6.35. The van der Waals surface area contributed by atoms with Crippen molar-refractivity contribution in [1.29, 1.82) is 0 Å². The molecule has 0 spiro atoms. The molecule has 25 heavy (non-hydrogen) atoms. The summed E-state index contributed by atoms with van der Waals surface area (Å²) in [6.07, 6.45) is 1.81. The molecule has 2 aromatic carbocycles. The predicted octanol–water partition coefficient (Wildman–Crippen LogP) is 3.82. The Morgan fingerprint density at radius 3 is 2.80 bits per heavy atom. The Morgan fingerprint density at radius 1 is 1.16 bits per heavy atom. The molecule has 2 heterocycles. The summed E-state index contributed by atoms with van der Waals surface area (Å²) in [4.78, 5) is 8.72. The zero-order valence-corrected chi connectivity index (χ0v) is 13.5. The predicted molar refractivity (Wildman–Crippen MR) is 89.4 cm³/mol. The van der Waals surface area contributed by atoms with Gasteiger partial charge in [0, 0.05) is 12.1 Å². The summed E-state index contributed by atoms with van der Waals surface area (Å²) >= 11 is 0. The van der Waals surface area contributed by atoms with E-state index in [2.05, 4.69) is 26.6 Å². The molecule has 0 radical (unpaired) electrons. The molecule has 126 valence electrons. The van der Waals surface area contributed by atoms with Crippen LogP contribution in [0.1, 0.15) is 12.8 Å². The molecule has 2 aromatic heterocycles. The highest BCUT2D eigenvalue weighted by Crippen LogP contribution is 2.22. The van der Waals surface area contributed by atoms with E-state index in [9.17, 15) is 4.39 Å². The van der Waals surface area contributed by atoms with E-state index in [1.807, 2.05) is 24.5 Å². The molecule has 0 atom stereocenters. The molecular weight excluding hydrogens is 323 g/mol. The topological polar surface area (TPSA) is 66.0 Å². The molecule has 0 amide bonds. The highest BCUT2D eigenvalue weighted by molar-refractivity contribution is 5.80. The van der Waals surface area contributed by atoms with Crippen molar-refractivity contribution in [3.8, 4) is 17.1 Å². The fourth-order valence-corrected chi connectivity index (χ4v) is 2.56. The van der Waals surface area contributed by atoms with Crippen LogP contribution in [0.15, 0.2) is 53.3 Å². The minimum absolute atomic E-state index is 0.116. The van der Waals surface area contributed by atoms with Gasteiger partial charge in [-0.3, -0.25) is 0 Å². The maximum Gasteiger partial charge on any atom is 0.264 e. The van der Waals surface area contributed by atoms with Gasteiger partial charge >= 0.3 is 0 Å². The van der Waals surface area contributed by atoms with Crippen molar-refractivity contribution in [2.45, 2.75) is 20.1 Å². The van der Waals surface area contributed by atoms with Crippen LogP contribution in [0, 0.1) is 5.82 Å². The maximum absolute atomic E-state index is 12.9. The van der Waals surface area contributed by atoms with E-state index in [1.54, 1.807) is 12.1 Å². The minimum atomic E-state index is -0.312. The number of hydrogen-bond acceptors (Lipinski definition) is 5. The number of aryl methyl sites for hydroxylation is 1. The Labute approximate surface area is 142 Å². The van der Waals surface area contributed by atoms with Crippen LogP contribution in [0.3, 0.4) is 0 Å². The molecule has 4 aromatic rings. The number of nitrogens with zero attached hydrogens (tertiary/aromatic N) is 4. The molecular formula is C18H15FN4O2. The van der Waals surface area contributed by atoms with Crippen molar-refractivity contribution in [3.05, 3.63) is 60.5 Å². The number of rotatable bonds is 5. The van der Waals surface area contributed by atoms with Gasteiger partial charge in [-0.15, -0.1) is 0 Å². The first-order valence-corrected chi connectivity index (χ1v) is 7.89. The van der Waals surface area contributed by atoms with Gasteiger partial charge < -0.3 is 13.8 Å². The summed E-state index contributed by atoms with van der Waals surface area (Å²) in [5.41, 5.74) is 2.77. The van der Waals surface area contributed by atoms with E-state index in [-0.39, 0.29) is 12.4 Å². The quantitative estimate of drug-likeness (QED) is 0.553. The van der Waals surface area contributed by atoms with Crippen molar-refractivity contribution in [2.24, 2.45) is 0 Å². The SMILES string of the molecule is CCn1cnc2cc(-c3noc(COc4ccc(F)cc4)n3)ccc21. The summed E-state index contributed by atoms with van der Waals surface area (Å²) in [6, 6.07) is 11.6. The Kier molecular flexibility index (Phi) is 3.89.